The van der Waals surface area contributed by atoms with Crippen LogP contribution in [0.25, 0.3) is 0 Å². The monoisotopic (exact) mass is 246 g/mol. The second-order valence-electron chi connectivity index (χ2n) is 5.58. The highest BCUT2D eigenvalue weighted by atomic mass is 15.3. The summed E-state index contributed by atoms with van der Waals surface area (Å²) in [6, 6.07) is 0.682. The summed E-state index contributed by atoms with van der Waals surface area (Å²) in [4.78, 5) is 11.6. The second-order valence-corrected chi connectivity index (χ2v) is 5.58. The molecule has 0 spiro atoms. The molecule has 3 rings (SSSR count). The standard InChI is InChI=1S/C14H22N4/c1-10-12(8-15)9-16-14(17-10)18-7-6-11-4-2-3-5-13(11)18/h9,11,13H,2-8,15H2,1H3. The first kappa shape index (κ1) is 11.9. The van der Waals surface area contributed by atoms with Crippen molar-refractivity contribution in [3.8, 4) is 0 Å². The van der Waals surface area contributed by atoms with Gasteiger partial charge < -0.3 is 10.6 Å². The molecule has 1 aromatic rings. The Morgan fingerprint density at radius 3 is 2.94 bits per heavy atom. The molecule has 0 radical (unpaired) electrons. The SMILES string of the molecule is Cc1nc(N2CCC3CCCCC32)ncc1CN. The molecule has 2 heterocycles. The number of aromatic nitrogens is 2. The van der Waals surface area contributed by atoms with E-state index >= 15 is 0 Å². The lowest BCUT2D eigenvalue weighted by Crippen LogP contribution is -2.36. The molecule has 18 heavy (non-hydrogen) atoms. The van der Waals surface area contributed by atoms with Gasteiger partial charge in [-0.05, 0) is 32.1 Å². The zero-order valence-corrected chi connectivity index (χ0v) is 11.1. The summed E-state index contributed by atoms with van der Waals surface area (Å²) in [5, 5.41) is 0. The molecule has 2 N–H and O–H groups in total. The summed E-state index contributed by atoms with van der Waals surface area (Å²) in [7, 11) is 0. The highest BCUT2D eigenvalue weighted by Gasteiger charge is 2.36. The number of aryl methyl sites for hydroxylation is 1. The fourth-order valence-corrected chi connectivity index (χ4v) is 3.47. The Bertz CT molecular complexity index is 432. The summed E-state index contributed by atoms with van der Waals surface area (Å²) in [5.74, 6) is 1.79. The summed E-state index contributed by atoms with van der Waals surface area (Å²) < 4.78 is 0. The number of anilines is 1. The molecular weight excluding hydrogens is 224 g/mol. The van der Waals surface area contributed by atoms with Crippen molar-refractivity contribution in [3.05, 3.63) is 17.5 Å². The van der Waals surface area contributed by atoms with Gasteiger partial charge in [0, 0.05) is 36.6 Å². The fourth-order valence-electron chi connectivity index (χ4n) is 3.47. The molecule has 1 aromatic heterocycles. The molecule has 2 unspecified atom stereocenters. The third-order valence-electron chi connectivity index (χ3n) is 4.56. The smallest absolute Gasteiger partial charge is 0.225 e. The molecule has 1 saturated carbocycles. The van der Waals surface area contributed by atoms with Gasteiger partial charge in [-0.3, -0.25) is 0 Å². The van der Waals surface area contributed by atoms with E-state index < -0.39 is 0 Å². The van der Waals surface area contributed by atoms with Crippen LogP contribution in [0.3, 0.4) is 0 Å². The van der Waals surface area contributed by atoms with Gasteiger partial charge in [-0.15, -0.1) is 0 Å². The first-order chi connectivity index (χ1) is 8.79. The van der Waals surface area contributed by atoms with Crippen LogP contribution in [-0.2, 0) is 6.54 Å². The van der Waals surface area contributed by atoms with Gasteiger partial charge in [0.1, 0.15) is 0 Å². The van der Waals surface area contributed by atoms with Gasteiger partial charge in [-0.25, -0.2) is 9.97 Å². The van der Waals surface area contributed by atoms with E-state index in [1.54, 1.807) is 0 Å². The minimum absolute atomic E-state index is 0.526. The molecule has 2 aliphatic rings. The van der Waals surface area contributed by atoms with E-state index in [-0.39, 0.29) is 0 Å². The van der Waals surface area contributed by atoms with Crippen LogP contribution >= 0.6 is 0 Å². The van der Waals surface area contributed by atoms with E-state index in [0.717, 1.165) is 29.7 Å². The largest absolute Gasteiger partial charge is 0.338 e. The average molecular weight is 246 g/mol. The number of rotatable bonds is 2. The van der Waals surface area contributed by atoms with Crippen molar-refractivity contribution in [2.75, 3.05) is 11.4 Å². The fraction of sp³-hybridized carbons (Fsp3) is 0.714. The van der Waals surface area contributed by atoms with Gasteiger partial charge in [-0.1, -0.05) is 12.8 Å². The van der Waals surface area contributed by atoms with Crippen molar-refractivity contribution >= 4 is 5.95 Å². The number of nitrogens with zero attached hydrogens (tertiary/aromatic N) is 3. The summed E-state index contributed by atoms with van der Waals surface area (Å²) >= 11 is 0. The first-order valence-corrected chi connectivity index (χ1v) is 7.09. The zero-order chi connectivity index (χ0) is 12.5. The molecular formula is C14H22N4. The molecule has 0 bridgehead atoms. The van der Waals surface area contributed by atoms with Gasteiger partial charge in [-0.2, -0.15) is 0 Å². The maximum Gasteiger partial charge on any atom is 0.225 e. The van der Waals surface area contributed by atoms with Gasteiger partial charge in [0.05, 0.1) is 0 Å². The van der Waals surface area contributed by atoms with Crippen LogP contribution in [-0.4, -0.2) is 22.6 Å². The van der Waals surface area contributed by atoms with E-state index in [2.05, 4.69) is 14.9 Å². The molecule has 0 amide bonds. The average Bonchev–Trinajstić information content (AvgIpc) is 2.82. The Morgan fingerprint density at radius 1 is 1.33 bits per heavy atom. The highest BCUT2D eigenvalue weighted by Crippen LogP contribution is 2.37. The molecule has 1 aliphatic heterocycles. The van der Waals surface area contributed by atoms with E-state index in [4.69, 9.17) is 5.73 Å². The van der Waals surface area contributed by atoms with Crippen LogP contribution in [0.1, 0.15) is 43.4 Å². The van der Waals surface area contributed by atoms with Crippen LogP contribution in [0, 0.1) is 12.8 Å². The quantitative estimate of drug-likeness (QED) is 0.867. The van der Waals surface area contributed by atoms with E-state index in [1.165, 1.54) is 32.1 Å². The molecule has 4 nitrogen and oxygen atoms in total. The predicted octanol–water partition coefficient (Wildman–Crippen LogP) is 2.01. The van der Waals surface area contributed by atoms with Gasteiger partial charge in [0.2, 0.25) is 5.95 Å². The Morgan fingerprint density at radius 2 is 2.17 bits per heavy atom. The first-order valence-electron chi connectivity index (χ1n) is 7.09. The third kappa shape index (κ3) is 1.99. The zero-order valence-electron chi connectivity index (χ0n) is 11.1. The number of fused-ring (bicyclic) bond motifs is 1. The Kier molecular flexibility index (Phi) is 3.20. The van der Waals surface area contributed by atoms with E-state index in [0.29, 0.717) is 12.6 Å². The molecule has 0 aromatic carbocycles. The normalized spacial score (nSPS) is 27.3. The molecule has 4 heteroatoms. The second kappa shape index (κ2) is 4.84. The van der Waals surface area contributed by atoms with Gasteiger partial charge in [0.25, 0.3) is 0 Å². The lowest BCUT2D eigenvalue weighted by atomic mass is 9.85. The topological polar surface area (TPSA) is 55.0 Å². The summed E-state index contributed by atoms with van der Waals surface area (Å²) in [6.07, 6.45) is 8.67. The van der Waals surface area contributed by atoms with Crippen molar-refractivity contribution in [1.82, 2.24) is 9.97 Å². The van der Waals surface area contributed by atoms with Crippen LogP contribution in [0.15, 0.2) is 6.20 Å². The number of hydrogen-bond acceptors (Lipinski definition) is 4. The lowest BCUT2D eigenvalue weighted by molar-refractivity contribution is 0.340. The Labute approximate surface area is 109 Å². The minimum Gasteiger partial charge on any atom is -0.338 e. The van der Waals surface area contributed by atoms with Crippen molar-refractivity contribution in [2.45, 2.75) is 51.6 Å². The summed E-state index contributed by atoms with van der Waals surface area (Å²) in [6.45, 7) is 3.68. The molecule has 98 valence electrons. The minimum atomic E-state index is 0.526. The van der Waals surface area contributed by atoms with E-state index in [9.17, 15) is 0 Å². The van der Waals surface area contributed by atoms with Crippen LogP contribution in [0.2, 0.25) is 0 Å². The number of hydrogen-bond donors (Lipinski definition) is 1. The lowest BCUT2D eigenvalue weighted by Gasteiger charge is -2.31. The molecule has 1 saturated heterocycles. The van der Waals surface area contributed by atoms with Crippen molar-refractivity contribution in [2.24, 2.45) is 11.7 Å². The maximum absolute atomic E-state index is 5.67. The van der Waals surface area contributed by atoms with Crippen LogP contribution in [0.5, 0.6) is 0 Å². The van der Waals surface area contributed by atoms with Crippen molar-refractivity contribution in [3.63, 3.8) is 0 Å². The maximum atomic E-state index is 5.67. The third-order valence-corrected chi connectivity index (χ3v) is 4.56. The predicted molar refractivity (Wildman–Crippen MR) is 72.4 cm³/mol. The van der Waals surface area contributed by atoms with Crippen molar-refractivity contribution in [1.29, 1.82) is 0 Å². The summed E-state index contributed by atoms with van der Waals surface area (Å²) in [5.41, 5.74) is 7.75. The molecule has 2 atom stereocenters. The molecule has 2 fully saturated rings. The van der Waals surface area contributed by atoms with E-state index in [1.807, 2.05) is 13.1 Å². The highest BCUT2D eigenvalue weighted by molar-refractivity contribution is 5.36. The number of nitrogens with two attached hydrogens (primary N) is 1. The van der Waals surface area contributed by atoms with Crippen LogP contribution in [0.4, 0.5) is 5.95 Å². The Balaban J connectivity index is 1.84. The van der Waals surface area contributed by atoms with Crippen LogP contribution < -0.4 is 10.6 Å². The van der Waals surface area contributed by atoms with Crippen molar-refractivity contribution < 1.29 is 0 Å². The van der Waals surface area contributed by atoms with Gasteiger partial charge in [0.15, 0.2) is 0 Å². The van der Waals surface area contributed by atoms with Gasteiger partial charge >= 0.3 is 0 Å². The Hall–Kier alpha value is -1.16. The molecule has 1 aliphatic carbocycles.